The first-order chi connectivity index (χ1) is 16.4. The second kappa shape index (κ2) is 10.4. The van der Waals surface area contributed by atoms with Crippen molar-refractivity contribution in [1.29, 1.82) is 0 Å². The number of amides is 1. The predicted molar refractivity (Wildman–Crippen MR) is 131 cm³/mol. The number of halogens is 2. The number of hydrogen-bond acceptors (Lipinski definition) is 5. The van der Waals surface area contributed by atoms with Gasteiger partial charge in [-0.3, -0.25) is 9.59 Å². The molecule has 0 saturated carbocycles. The molecule has 3 unspecified atom stereocenters. The molecule has 3 rings (SSSR count). The molecule has 0 radical (unpaired) electrons. The summed E-state index contributed by atoms with van der Waals surface area (Å²) in [5.41, 5.74) is 1.10. The van der Waals surface area contributed by atoms with Crippen LogP contribution in [0.4, 0.5) is 14.5 Å². The maximum Gasteiger partial charge on any atom is 0.250 e. The topological polar surface area (TPSA) is 87.5 Å². The van der Waals surface area contributed by atoms with E-state index in [4.69, 9.17) is 5.11 Å². The largest absolute Gasteiger partial charge is 0.395 e. The predicted octanol–water partition coefficient (Wildman–Crippen LogP) is 3.89. The molecule has 192 valence electrons. The lowest BCUT2D eigenvalue weighted by atomic mass is 9.69. The van der Waals surface area contributed by atoms with Gasteiger partial charge in [-0.1, -0.05) is 34.6 Å². The molecule has 0 aliphatic carbocycles. The van der Waals surface area contributed by atoms with Crippen LogP contribution in [-0.2, 0) is 11.2 Å². The summed E-state index contributed by atoms with van der Waals surface area (Å²) in [6, 6.07) is 3.21. The molecule has 1 aliphatic rings. The number of carbonyl (C=O) groups is 2. The van der Waals surface area contributed by atoms with Crippen LogP contribution in [0.15, 0.2) is 18.2 Å². The third-order valence-corrected chi connectivity index (χ3v) is 6.96. The molecule has 1 aromatic heterocycles. The Morgan fingerprint density at radius 1 is 1.23 bits per heavy atom. The normalized spacial score (nSPS) is 16.4. The molecule has 1 amide bonds. The number of fused-ring (bicyclic) bond motifs is 1. The minimum absolute atomic E-state index is 0.0122. The monoisotopic (exact) mass is 490 g/mol. The highest BCUT2D eigenvalue weighted by Crippen LogP contribution is 2.40. The van der Waals surface area contributed by atoms with Gasteiger partial charge in [0.1, 0.15) is 17.3 Å². The Labute approximate surface area is 205 Å². The van der Waals surface area contributed by atoms with Crippen molar-refractivity contribution in [2.45, 2.75) is 47.5 Å². The summed E-state index contributed by atoms with van der Waals surface area (Å²) in [6.45, 7) is 10.2. The van der Waals surface area contributed by atoms with Crippen molar-refractivity contribution < 1.29 is 23.5 Å². The van der Waals surface area contributed by atoms with E-state index in [2.05, 4.69) is 10.4 Å². The number of hydrogen-bond donors (Lipinski definition) is 2. The molecule has 0 bridgehead atoms. The van der Waals surface area contributed by atoms with Crippen LogP contribution in [0, 0.1) is 34.8 Å². The first kappa shape index (κ1) is 26.8. The number of aliphatic hydroxyl groups excluding tert-OH is 1. The molecule has 0 fully saturated rings. The summed E-state index contributed by atoms with van der Waals surface area (Å²) in [4.78, 5) is 28.6. The van der Waals surface area contributed by atoms with Crippen LogP contribution in [0.3, 0.4) is 0 Å². The van der Waals surface area contributed by atoms with Gasteiger partial charge in [-0.05, 0) is 42.4 Å². The number of nitrogens with one attached hydrogen (secondary N) is 1. The number of anilines is 1. The average Bonchev–Trinajstić information content (AvgIpc) is 3.18. The van der Waals surface area contributed by atoms with Crippen molar-refractivity contribution >= 4 is 17.5 Å². The lowest BCUT2D eigenvalue weighted by molar-refractivity contribution is -0.131. The standard InChI is InChI=1S/C26H36F2N4O3/c1-15(21(26(3,4)5)24(34)29-11-13-33)16(2)25(35)32-20-8-7-12-31(6)23(20)22(30-32)18-14-17(27)9-10-19(18)28/h9-10,14-16,21,33H,7-8,11-13H2,1-6H3,(H,29,34). The summed E-state index contributed by atoms with van der Waals surface area (Å²) >= 11 is 0. The van der Waals surface area contributed by atoms with E-state index in [1.54, 1.807) is 6.92 Å². The van der Waals surface area contributed by atoms with E-state index in [1.807, 2.05) is 39.6 Å². The number of benzene rings is 1. The summed E-state index contributed by atoms with van der Waals surface area (Å²) in [6.07, 6.45) is 1.38. The average molecular weight is 491 g/mol. The SMILES string of the molecule is CC(C(=O)n1nc(-c2cc(F)ccc2F)c2c1CCCN2C)C(C)C(C(=O)NCCO)C(C)(C)C. The van der Waals surface area contributed by atoms with Crippen molar-refractivity contribution in [2.75, 3.05) is 31.6 Å². The van der Waals surface area contributed by atoms with Gasteiger partial charge in [-0.2, -0.15) is 5.10 Å². The van der Waals surface area contributed by atoms with E-state index < -0.39 is 28.9 Å². The van der Waals surface area contributed by atoms with E-state index in [0.717, 1.165) is 24.6 Å². The highest BCUT2D eigenvalue weighted by molar-refractivity contribution is 5.88. The highest BCUT2D eigenvalue weighted by Gasteiger charge is 2.41. The third-order valence-electron chi connectivity index (χ3n) is 6.96. The van der Waals surface area contributed by atoms with E-state index in [0.29, 0.717) is 24.3 Å². The second-order valence-corrected chi connectivity index (χ2v) is 10.5. The summed E-state index contributed by atoms with van der Waals surface area (Å²) in [5, 5.41) is 16.4. The smallest absolute Gasteiger partial charge is 0.250 e. The van der Waals surface area contributed by atoms with Crippen LogP contribution in [0.1, 0.15) is 51.5 Å². The Morgan fingerprint density at radius 2 is 1.91 bits per heavy atom. The van der Waals surface area contributed by atoms with E-state index in [1.165, 1.54) is 4.68 Å². The Kier molecular flexibility index (Phi) is 7.99. The van der Waals surface area contributed by atoms with Crippen LogP contribution < -0.4 is 10.2 Å². The van der Waals surface area contributed by atoms with Gasteiger partial charge < -0.3 is 15.3 Å². The van der Waals surface area contributed by atoms with Gasteiger partial charge >= 0.3 is 0 Å². The molecular weight excluding hydrogens is 454 g/mol. The Balaban J connectivity index is 2.04. The van der Waals surface area contributed by atoms with Gasteiger partial charge in [0.25, 0.3) is 0 Å². The number of aromatic nitrogens is 2. The number of rotatable bonds is 7. The van der Waals surface area contributed by atoms with Crippen LogP contribution in [0.5, 0.6) is 0 Å². The minimum Gasteiger partial charge on any atom is -0.395 e. The quantitative estimate of drug-likeness (QED) is 0.615. The number of carbonyl (C=O) groups excluding carboxylic acids is 2. The Hall–Kier alpha value is -2.81. The number of nitrogens with zero attached hydrogens (tertiary/aromatic N) is 3. The molecule has 0 spiro atoms. The molecule has 9 heteroatoms. The van der Waals surface area contributed by atoms with Crippen LogP contribution >= 0.6 is 0 Å². The maximum absolute atomic E-state index is 14.7. The van der Waals surface area contributed by atoms with E-state index in [-0.39, 0.29) is 42.1 Å². The van der Waals surface area contributed by atoms with E-state index >= 15 is 0 Å². The fourth-order valence-corrected chi connectivity index (χ4v) is 5.12. The molecular formula is C26H36F2N4O3. The first-order valence-electron chi connectivity index (χ1n) is 12.1. The molecule has 7 nitrogen and oxygen atoms in total. The molecule has 1 aromatic carbocycles. The summed E-state index contributed by atoms with van der Waals surface area (Å²) < 4.78 is 30.0. The van der Waals surface area contributed by atoms with Crippen LogP contribution in [0.25, 0.3) is 11.3 Å². The Morgan fingerprint density at radius 3 is 2.54 bits per heavy atom. The van der Waals surface area contributed by atoms with Crippen molar-refractivity contribution in [3.05, 3.63) is 35.5 Å². The van der Waals surface area contributed by atoms with Gasteiger partial charge in [-0.25, -0.2) is 13.5 Å². The van der Waals surface area contributed by atoms with Crippen LogP contribution in [-0.4, -0.2) is 53.4 Å². The second-order valence-electron chi connectivity index (χ2n) is 10.5. The van der Waals surface area contributed by atoms with Gasteiger partial charge in [0.2, 0.25) is 11.8 Å². The molecule has 1 aliphatic heterocycles. The lowest BCUT2D eigenvalue weighted by Gasteiger charge is -2.36. The third kappa shape index (κ3) is 5.39. The fraction of sp³-hybridized carbons (Fsp3) is 0.577. The molecule has 2 heterocycles. The van der Waals surface area contributed by atoms with Gasteiger partial charge in [0.05, 0.1) is 18.0 Å². The van der Waals surface area contributed by atoms with Gasteiger partial charge in [0.15, 0.2) is 0 Å². The molecule has 3 atom stereocenters. The van der Waals surface area contributed by atoms with Crippen molar-refractivity contribution in [3.8, 4) is 11.3 Å². The zero-order chi connectivity index (χ0) is 26.1. The molecule has 2 N–H and O–H groups in total. The zero-order valence-electron chi connectivity index (χ0n) is 21.4. The molecule has 2 aromatic rings. The minimum atomic E-state index is -0.611. The maximum atomic E-state index is 14.7. The Bertz CT molecular complexity index is 1090. The van der Waals surface area contributed by atoms with Crippen molar-refractivity contribution in [1.82, 2.24) is 15.1 Å². The van der Waals surface area contributed by atoms with Crippen LogP contribution in [0.2, 0.25) is 0 Å². The highest BCUT2D eigenvalue weighted by atomic mass is 19.1. The molecule has 35 heavy (non-hydrogen) atoms. The van der Waals surface area contributed by atoms with Crippen molar-refractivity contribution in [3.63, 3.8) is 0 Å². The fourth-order valence-electron chi connectivity index (χ4n) is 5.12. The van der Waals surface area contributed by atoms with E-state index in [9.17, 15) is 18.4 Å². The summed E-state index contributed by atoms with van der Waals surface area (Å²) in [5.74, 6) is -3.14. The lowest BCUT2D eigenvalue weighted by Crippen LogP contribution is -2.45. The number of aliphatic hydroxyl groups is 1. The zero-order valence-corrected chi connectivity index (χ0v) is 21.4. The van der Waals surface area contributed by atoms with Gasteiger partial charge in [0, 0.05) is 37.5 Å². The van der Waals surface area contributed by atoms with Gasteiger partial charge in [-0.15, -0.1) is 0 Å². The van der Waals surface area contributed by atoms with Crippen molar-refractivity contribution in [2.24, 2.45) is 23.2 Å². The first-order valence-corrected chi connectivity index (χ1v) is 12.1. The summed E-state index contributed by atoms with van der Waals surface area (Å²) in [7, 11) is 1.85. The molecule has 0 saturated heterocycles.